The van der Waals surface area contributed by atoms with E-state index >= 15 is 0 Å². The fourth-order valence-electron chi connectivity index (χ4n) is 5.12. The predicted molar refractivity (Wildman–Crippen MR) is 145 cm³/mol. The van der Waals surface area contributed by atoms with Gasteiger partial charge >= 0.3 is 0 Å². The molecule has 200 valence electrons. The molecule has 0 saturated carbocycles. The Morgan fingerprint density at radius 3 is 2.82 bits per heavy atom. The van der Waals surface area contributed by atoms with Crippen LogP contribution in [-0.2, 0) is 16.1 Å². The van der Waals surface area contributed by atoms with Gasteiger partial charge in [0, 0.05) is 45.5 Å². The maximum absolute atomic E-state index is 11.8. The molecule has 9 nitrogen and oxygen atoms in total. The van der Waals surface area contributed by atoms with E-state index in [1.807, 2.05) is 48.5 Å². The largest absolute Gasteiger partial charge is 0.490 e. The number of hydrogen-bond donors (Lipinski definition) is 1. The quantitative estimate of drug-likeness (QED) is 0.293. The van der Waals surface area contributed by atoms with Crippen LogP contribution in [0.15, 0.2) is 72.2 Å². The lowest BCUT2D eigenvalue weighted by Gasteiger charge is -2.36. The zero-order valence-corrected chi connectivity index (χ0v) is 21.6. The van der Waals surface area contributed by atoms with Crippen LogP contribution in [0.25, 0.3) is 0 Å². The minimum atomic E-state index is -0.424. The van der Waals surface area contributed by atoms with Gasteiger partial charge in [0.05, 0.1) is 31.1 Å². The predicted octanol–water partition coefficient (Wildman–Crippen LogP) is 4.52. The molecule has 1 saturated heterocycles. The molecule has 3 heterocycles. The highest BCUT2D eigenvalue weighted by molar-refractivity contribution is 5.61. The average Bonchev–Trinajstić information content (AvgIpc) is 2.97. The summed E-state index contributed by atoms with van der Waals surface area (Å²) in [6, 6.07) is 17.3. The van der Waals surface area contributed by atoms with Gasteiger partial charge in [0.25, 0.3) is 0 Å². The minimum Gasteiger partial charge on any atom is -0.490 e. The second-order valence-electron chi connectivity index (χ2n) is 9.55. The number of aromatic nitrogens is 1. The number of nitrogens with one attached hydrogen (secondary N) is 1. The first-order chi connectivity index (χ1) is 18.7. The van der Waals surface area contributed by atoms with Crippen LogP contribution in [0.5, 0.6) is 17.2 Å². The first-order valence-corrected chi connectivity index (χ1v) is 13.1. The highest BCUT2D eigenvalue weighted by atomic mass is 16.5. The van der Waals surface area contributed by atoms with E-state index in [9.17, 15) is 4.91 Å². The van der Waals surface area contributed by atoms with Crippen LogP contribution in [-0.4, -0.2) is 63.6 Å². The van der Waals surface area contributed by atoms with Crippen molar-refractivity contribution in [2.45, 2.75) is 31.1 Å². The molecule has 1 aromatic heterocycles. The highest BCUT2D eigenvalue weighted by Crippen LogP contribution is 2.35. The number of fused-ring (bicyclic) bond motifs is 1. The standard InChI is InChI=1S/C29H34N4O5/c1-35-14-3-12-33-13-15-36-27-10-5-21(16-26(27)33)20-37-28-19-31-18-25(32-34)29(28)22-6-8-23(9-7-22)38-24-4-2-11-30-17-24/h2,4-11,16-17,25,28-29,31H,3,12-15,18-20H2,1H3/t25-,28+,29+/m1/s1. The van der Waals surface area contributed by atoms with Crippen molar-refractivity contribution in [2.75, 3.05) is 51.4 Å². The van der Waals surface area contributed by atoms with Gasteiger partial charge in [-0.3, -0.25) is 4.98 Å². The van der Waals surface area contributed by atoms with Crippen molar-refractivity contribution in [2.24, 2.45) is 5.18 Å². The molecule has 1 fully saturated rings. The Kier molecular flexibility index (Phi) is 8.80. The molecule has 9 heteroatoms. The number of hydrogen-bond acceptors (Lipinski definition) is 9. The molecule has 0 bridgehead atoms. The van der Waals surface area contributed by atoms with E-state index in [4.69, 9.17) is 18.9 Å². The third-order valence-corrected chi connectivity index (χ3v) is 7.01. The van der Waals surface area contributed by atoms with Crippen LogP contribution in [0.3, 0.4) is 0 Å². The van der Waals surface area contributed by atoms with Crippen LogP contribution < -0.4 is 19.7 Å². The fourth-order valence-corrected chi connectivity index (χ4v) is 5.12. The molecule has 2 aliphatic rings. The smallest absolute Gasteiger partial charge is 0.145 e. The molecule has 2 aliphatic heterocycles. The Balaban J connectivity index is 1.28. The van der Waals surface area contributed by atoms with Crippen LogP contribution in [0, 0.1) is 4.91 Å². The second-order valence-corrected chi connectivity index (χ2v) is 9.55. The summed E-state index contributed by atoms with van der Waals surface area (Å²) in [5, 5.41) is 6.75. The normalized spacial score (nSPS) is 20.9. The third-order valence-electron chi connectivity index (χ3n) is 7.01. The van der Waals surface area contributed by atoms with Crippen LogP contribution in [0.1, 0.15) is 23.5 Å². The van der Waals surface area contributed by atoms with Gasteiger partial charge in [0.2, 0.25) is 0 Å². The van der Waals surface area contributed by atoms with Crippen LogP contribution >= 0.6 is 0 Å². The van der Waals surface area contributed by atoms with E-state index in [0.29, 0.717) is 37.8 Å². The van der Waals surface area contributed by atoms with Gasteiger partial charge in [-0.15, -0.1) is 0 Å². The molecular formula is C29H34N4O5. The maximum atomic E-state index is 11.8. The number of benzene rings is 2. The number of anilines is 1. The molecule has 5 rings (SSSR count). The first-order valence-electron chi connectivity index (χ1n) is 13.1. The number of methoxy groups -OCH3 is 1. The van der Waals surface area contributed by atoms with Gasteiger partial charge in [0.1, 0.15) is 29.9 Å². The van der Waals surface area contributed by atoms with Crippen molar-refractivity contribution >= 4 is 5.69 Å². The Labute approximate surface area is 223 Å². The van der Waals surface area contributed by atoms with E-state index in [1.54, 1.807) is 19.5 Å². The number of nitrogens with zero attached hydrogens (tertiary/aromatic N) is 3. The van der Waals surface area contributed by atoms with Gasteiger partial charge < -0.3 is 29.2 Å². The van der Waals surface area contributed by atoms with Crippen molar-refractivity contribution < 1.29 is 18.9 Å². The second kappa shape index (κ2) is 12.8. The monoisotopic (exact) mass is 518 g/mol. The summed E-state index contributed by atoms with van der Waals surface area (Å²) in [7, 11) is 1.73. The number of pyridine rings is 1. The zero-order chi connectivity index (χ0) is 26.2. The van der Waals surface area contributed by atoms with Crippen molar-refractivity contribution in [1.29, 1.82) is 0 Å². The third kappa shape index (κ3) is 6.30. The molecule has 0 amide bonds. The lowest BCUT2D eigenvalue weighted by molar-refractivity contribution is 0.00539. The summed E-state index contributed by atoms with van der Waals surface area (Å²) in [6.45, 7) is 4.76. The summed E-state index contributed by atoms with van der Waals surface area (Å²) in [4.78, 5) is 18.2. The van der Waals surface area contributed by atoms with Crippen molar-refractivity contribution in [3.05, 3.63) is 83.0 Å². The summed E-state index contributed by atoms with van der Waals surface area (Å²) < 4.78 is 23.4. The van der Waals surface area contributed by atoms with Crippen LogP contribution in [0.4, 0.5) is 5.69 Å². The zero-order valence-electron chi connectivity index (χ0n) is 21.6. The number of piperidine rings is 1. The van der Waals surface area contributed by atoms with Crippen molar-refractivity contribution in [3.63, 3.8) is 0 Å². The molecule has 3 aromatic rings. The number of nitroso groups, excluding NO2 is 1. The summed E-state index contributed by atoms with van der Waals surface area (Å²) in [6.07, 6.45) is 4.12. The van der Waals surface area contributed by atoms with E-state index in [0.717, 1.165) is 48.7 Å². The molecule has 38 heavy (non-hydrogen) atoms. The van der Waals surface area contributed by atoms with Gasteiger partial charge in [-0.05, 0) is 53.9 Å². The molecule has 0 aliphatic carbocycles. The number of ether oxygens (including phenoxy) is 4. The molecule has 3 atom stereocenters. The highest BCUT2D eigenvalue weighted by Gasteiger charge is 2.36. The van der Waals surface area contributed by atoms with Crippen molar-refractivity contribution in [3.8, 4) is 17.2 Å². The van der Waals surface area contributed by atoms with E-state index < -0.39 is 6.04 Å². The maximum Gasteiger partial charge on any atom is 0.145 e. The summed E-state index contributed by atoms with van der Waals surface area (Å²) >= 11 is 0. The van der Waals surface area contributed by atoms with E-state index in [1.165, 1.54) is 0 Å². The van der Waals surface area contributed by atoms with E-state index in [2.05, 4.69) is 26.4 Å². The molecular weight excluding hydrogens is 484 g/mol. The minimum absolute atomic E-state index is 0.160. The topological polar surface area (TPSA) is 94.5 Å². The summed E-state index contributed by atoms with van der Waals surface area (Å²) in [5.41, 5.74) is 3.15. The lowest BCUT2D eigenvalue weighted by Crippen LogP contribution is -2.48. The fraction of sp³-hybridized carbons (Fsp3) is 0.414. The first kappa shape index (κ1) is 26.1. The molecule has 0 unspecified atom stereocenters. The SMILES string of the molecule is COCCCN1CCOc2ccc(CO[C@H]3CNC[C@@H](N=O)[C@@H]3c3ccc(Oc4cccnc4)cc3)cc21. The van der Waals surface area contributed by atoms with Gasteiger partial charge in [-0.25, -0.2) is 0 Å². The van der Waals surface area contributed by atoms with Crippen molar-refractivity contribution in [1.82, 2.24) is 10.3 Å². The Bertz CT molecular complexity index is 1180. The lowest BCUT2D eigenvalue weighted by atomic mass is 9.84. The van der Waals surface area contributed by atoms with Crippen LogP contribution in [0.2, 0.25) is 0 Å². The molecule has 0 radical (unpaired) electrons. The Hall–Kier alpha value is -3.53. The Morgan fingerprint density at radius 1 is 1.13 bits per heavy atom. The molecule has 1 N–H and O–H groups in total. The Morgan fingerprint density at radius 2 is 2.03 bits per heavy atom. The average molecular weight is 519 g/mol. The number of rotatable bonds is 11. The summed E-state index contributed by atoms with van der Waals surface area (Å²) in [5.74, 6) is 2.11. The van der Waals surface area contributed by atoms with Gasteiger partial charge in [-0.1, -0.05) is 23.4 Å². The van der Waals surface area contributed by atoms with Gasteiger partial charge in [-0.2, -0.15) is 4.91 Å². The molecule has 0 spiro atoms. The molecule has 2 aromatic carbocycles. The van der Waals surface area contributed by atoms with E-state index in [-0.39, 0.29) is 12.0 Å². The van der Waals surface area contributed by atoms with Gasteiger partial charge in [0.15, 0.2) is 0 Å².